The molecule has 0 bridgehead atoms. The van der Waals surface area contributed by atoms with E-state index in [0.717, 1.165) is 11.3 Å². The zero-order valence-electron chi connectivity index (χ0n) is 17.8. The number of ether oxygens (including phenoxy) is 1. The van der Waals surface area contributed by atoms with Crippen LogP contribution in [0.15, 0.2) is 60.7 Å². The smallest absolute Gasteiger partial charge is 0.274 e. The fraction of sp³-hybridized carbons (Fsp3) is 0.208. The van der Waals surface area contributed by atoms with Crippen LogP contribution in [0.5, 0.6) is 5.75 Å². The molecule has 0 atom stereocenters. The highest BCUT2D eigenvalue weighted by Gasteiger charge is 2.22. The van der Waals surface area contributed by atoms with Gasteiger partial charge < -0.3 is 10.1 Å². The number of aromatic nitrogens is 3. The number of halogens is 1. The van der Waals surface area contributed by atoms with Crippen LogP contribution < -0.4 is 10.1 Å². The van der Waals surface area contributed by atoms with Crippen molar-refractivity contribution in [3.63, 3.8) is 0 Å². The number of carbonyl (C=O) groups is 1. The van der Waals surface area contributed by atoms with Crippen LogP contribution in [0.3, 0.4) is 0 Å². The van der Waals surface area contributed by atoms with E-state index in [1.54, 1.807) is 17.7 Å². The van der Waals surface area contributed by atoms with E-state index in [1.165, 1.54) is 24.3 Å². The van der Waals surface area contributed by atoms with Gasteiger partial charge in [-0.25, -0.2) is 13.9 Å². The number of carbonyl (C=O) groups excluding carboxylic acids is 1. The molecular formula is C24H23FN4O2. The number of para-hydroxylation sites is 1. The summed E-state index contributed by atoms with van der Waals surface area (Å²) in [5, 5.41) is 7.52. The standard InChI is InChI=1S/C24H23FN4O2/c1-24(2,3)21-14-22-27-18(23(30)26-16-11-9-15(25)10-12-16)13-19(29(22)28-21)17-7-5-6-8-20(17)31-4/h5-14H,1-4H3,(H,26,30). The first-order chi connectivity index (χ1) is 14.8. The Morgan fingerprint density at radius 2 is 1.77 bits per heavy atom. The van der Waals surface area contributed by atoms with E-state index in [4.69, 9.17) is 9.84 Å². The quantitative estimate of drug-likeness (QED) is 0.501. The van der Waals surface area contributed by atoms with Crippen molar-refractivity contribution in [3.8, 4) is 17.0 Å². The molecule has 1 N–H and O–H groups in total. The second-order valence-electron chi connectivity index (χ2n) is 8.24. The Labute approximate surface area is 179 Å². The fourth-order valence-electron chi connectivity index (χ4n) is 3.23. The largest absolute Gasteiger partial charge is 0.496 e. The van der Waals surface area contributed by atoms with E-state index in [2.05, 4.69) is 31.1 Å². The molecule has 0 aliphatic rings. The molecule has 0 aliphatic carbocycles. The lowest BCUT2D eigenvalue weighted by molar-refractivity contribution is 0.102. The van der Waals surface area contributed by atoms with Gasteiger partial charge in [-0.3, -0.25) is 4.79 Å². The van der Waals surface area contributed by atoms with E-state index < -0.39 is 5.91 Å². The number of benzene rings is 2. The second-order valence-corrected chi connectivity index (χ2v) is 8.24. The first kappa shape index (κ1) is 20.5. The predicted molar refractivity (Wildman–Crippen MR) is 118 cm³/mol. The van der Waals surface area contributed by atoms with Gasteiger partial charge in [0, 0.05) is 22.7 Å². The van der Waals surface area contributed by atoms with Crippen LogP contribution in [-0.4, -0.2) is 27.6 Å². The number of anilines is 1. The van der Waals surface area contributed by atoms with Crippen LogP contribution in [0.1, 0.15) is 37.0 Å². The molecule has 0 saturated carbocycles. The summed E-state index contributed by atoms with van der Waals surface area (Å²) < 4.78 is 20.4. The van der Waals surface area contributed by atoms with Crippen molar-refractivity contribution in [1.29, 1.82) is 0 Å². The molecule has 0 unspecified atom stereocenters. The normalized spacial score (nSPS) is 11.5. The number of amides is 1. The zero-order chi connectivity index (χ0) is 22.2. The molecule has 4 aromatic rings. The van der Waals surface area contributed by atoms with E-state index >= 15 is 0 Å². The lowest BCUT2D eigenvalue weighted by Gasteiger charge is -2.14. The summed E-state index contributed by atoms with van der Waals surface area (Å²) in [5.41, 5.74) is 3.39. The number of rotatable bonds is 4. The van der Waals surface area contributed by atoms with Crippen molar-refractivity contribution in [2.24, 2.45) is 0 Å². The minimum absolute atomic E-state index is 0.192. The number of fused-ring (bicyclic) bond motifs is 1. The van der Waals surface area contributed by atoms with Gasteiger partial charge in [-0.05, 0) is 42.5 Å². The lowest BCUT2D eigenvalue weighted by Crippen LogP contribution is -2.15. The summed E-state index contributed by atoms with van der Waals surface area (Å²) in [6, 6.07) is 16.7. The molecule has 1 amide bonds. The maximum absolute atomic E-state index is 13.2. The molecule has 0 spiro atoms. The third-order valence-electron chi connectivity index (χ3n) is 4.91. The van der Waals surface area contributed by atoms with Gasteiger partial charge in [-0.1, -0.05) is 32.9 Å². The number of methoxy groups -OCH3 is 1. The molecule has 0 fully saturated rings. The summed E-state index contributed by atoms with van der Waals surface area (Å²) >= 11 is 0. The van der Waals surface area contributed by atoms with Gasteiger partial charge in [0.25, 0.3) is 5.91 Å². The van der Waals surface area contributed by atoms with Crippen LogP contribution in [-0.2, 0) is 5.41 Å². The van der Waals surface area contributed by atoms with Gasteiger partial charge in [-0.2, -0.15) is 5.10 Å². The molecular weight excluding hydrogens is 395 g/mol. The topological polar surface area (TPSA) is 68.5 Å². The Morgan fingerprint density at radius 1 is 1.06 bits per heavy atom. The van der Waals surface area contributed by atoms with E-state index in [1.807, 2.05) is 30.3 Å². The van der Waals surface area contributed by atoms with E-state index in [0.29, 0.717) is 22.8 Å². The number of nitrogens with zero attached hydrogens (tertiary/aromatic N) is 3. The van der Waals surface area contributed by atoms with Crippen LogP contribution in [0, 0.1) is 5.82 Å². The second kappa shape index (κ2) is 7.83. The molecule has 2 heterocycles. The maximum Gasteiger partial charge on any atom is 0.274 e. The van der Waals surface area contributed by atoms with Crippen LogP contribution in [0.25, 0.3) is 16.9 Å². The Balaban J connectivity index is 1.86. The van der Waals surface area contributed by atoms with E-state index in [9.17, 15) is 9.18 Å². The highest BCUT2D eigenvalue weighted by atomic mass is 19.1. The average molecular weight is 418 g/mol. The number of hydrogen-bond donors (Lipinski definition) is 1. The summed E-state index contributed by atoms with van der Waals surface area (Å²) in [6.45, 7) is 6.21. The molecule has 2 aromatic heterocycles. The average Bonchev–Trinajstić information content (AvgIpc) is 3.19. The summed E-state index contributed by atoms with van der Waals surface area (Å²) in [7, 11) is 1.60. The molecule has 31 heavy (non-hydrogen) atoms. The molecule has 158 valence electrons. The van der Waals surface area contributed by atoms with Crippen molar-refractivity contribution >= 4 is 17.2 Å². The van der Waals surface area contributed by atoms with Gasteiger partial charge in [0.2, 0.25) is 0 Å². The van der Waals surface area contributed by atoms with Crippen LogP contribution in [0.4, 0.5) is 10.1 Å². The van der Waals surface area contributed by atoms with Crippen LogP contribution >= 0.6 is 0 Å². The first-order valence-electron chi connectivity index (χ1n) is 9.88. The lowest BCUT2D eigenvalue weighted by atomic mass is 9.93. The minimum Gasteiger partial charge on any atom is -0.496 e. The van der Waals surface area contributed by atoms with Gasteiger partial charge in [0.05, 0.1) is 18.5 Å². The van der Waals surface area contributed by atoms with Gasteiger partial charge in [-0.15, -0.1) is 0 Å². The van der Waals surface area contributed by atoms with Crippen molar-refractivity contribution in [2.45, 2.75) is 26.2 Å². The van der Waals surface area contributed by atoms with Gasteiger partial charge in [0.15, 0.2) is 5.65 Å². The van der Waals surface area contributed by atoms with Gasteiger partial charge in [0.1, 0.15) is 17.3 Å². The highest BCUT2D eigenvalue weighted by Crippen LogP contribution is 2.32. The first-order valence-corrected chi connectivity index (χ1v) is 9.88. The minimum atomic E-state index is -0.399. The Hall–Kier alpha value is -3.74. The van der Waals surface area contributed by atoms with Crippen molar-refractivity contribution in [2.75, 3.05) is 12.4 Å². The molecule has 4 rings (SSSR count). The Morgan fingerprint density at radius 3 is 2.45 bits per heavy atom. The summed E-state index contributed by atoms with van der Waals surface area (Å²) in [5.74, 6) is -0.110. The van der Waals surface area contributed by atoms with Crippen molar-refractivity contribution < 1.29 is 13.9 Å². The van der Waals surface area contributed by atoms with Crippen molar-refractivity contribution in [3.05, 3.63) is 77.9 Å². The third-order valence-corrected chi connectivity index (χ3v) is 4.91. The third kappa shape index (κ3) is 4.12. The molecule has 0 saturated heterocycles. The monoisotopic (exact) mass is 418 g/mol. The Bertz CT molecular complexity index is 1260. The molecule has 0 aliphatic heterocycles. The number of hydrogen-bond acceptors (Lipinski definition) is 4. The Kier molecular flexibility index (Phi) is 5.19. The molecule has 0 radical (unpaired) electrons. The van der Waals surface area contributed by atoms with Gasteiger partial charge >= 0.3 is 0 Å². The molecule has 6 nitrogen and oxygen atoms in total. The predicted octanol–water partition coefficient (Wildman–Crippen LogP) is 5.09. The number of nitrogens with one attached hydrogen (secondary N) is 1. The van der Waals surface area contributed by atoms with Crippen LogP contribution in [0.2, 0.25) is 0 Å². The SMILES string of the molecule is COc1ccccc1-c1cc(C(=O)Nc2ccc(F)cc2)nc2cc(C(C)(C)C)nn12. The van der Waals surface area contributed by atoms with E-state index in [-0.39, 0.29) is 16.9 Å². The summed E-state index contributed by atoms with van der Waals surface area (Å²) in [6.07, 6.45) is 0. The highest BCUT2D eigenvalue weighted by molar-refractivity contribution is 6.03. The zero-order valence-corrected chi connectivity index (χ0v) is 17.8. The molecule has 2 aromatic carbocycles. The fourth-order valence-corrected chi connectivity index (χ4v) is 3.23. The molecule has 7 heteroatoms. The maximum atomic E-state index is 13.2. The van der Waals surface area contributed by atoms with Crippen molar-refractivity contribution in [1.82, 2.24) is 14.6 Å². The summed E-state index contributed by atoms with van der Waals surface area (Å²) in [4.78, 5) is 17.5.